The molecule has 0 aliphatic heterocycles. The molecule has 3 nitrogen and oxygen atoms in total. The molecule has 2 N–H and O–H groups in total. The summed E-state index contributed by atoms with van der Waals surface area (Å²) in [6.07, 6.45) is 2.83. The summed E-state index contributed by atoms with van der Waals surface area (Å²) in [7, 11) is 0. The second-order valence-corrected chi connectivity index (χ2v) is 5.85. The van der Waals surface area contributed by atoms with Crippen LogP contribution in [0, 0.1) is 13.8 Å². The summed E-state index contributed by atoms with van der Waals surface area (Å²) in [4.78, 5) is 10.2. The maximum absolute atomic E-state index is 4.28. The number of hydrogen-bond acceptors (Lipinski definition) is 3. The lowest BCUT2D eigenvalue weighted by Gasteiger charge is -2.12. The lowest BCUT2D eigenvalue weighted by molar-refractivity contribution is 0.543. The van der Waals surface area contributed by atoms with Crippen molar-refractivity contribution >= 4 is 11.3 Å². The van der Waals surface area contributed by atoms with Crippen LogP contribution in [0.1, 0.15) is 28.1 Å². The molecule has 0 saturated carbocycles. The molecule has 2 aromatic heterocycles. The second kappa shape index (κ2) is 5.47. The molecule has 0 aliphatic rings. The van der Waals surface area contributed by atoms with E-state index in [1.54, 1.807) is 6.33 Å². The predicted octanol–water partition coefficient (Wildman–Crippen LogP) is 2.81. The van der Waals surface area contributed by atoms with Gasteiger partial charge in [-0.25, -0.2) is 4.98 Å². The summed E-state index contributed by atoms with van der Waals surface area (Å²) < 4.78 is 0. The molecule has 0 amide bonds. The van der Waals surface area contributed by atoms with Crippen molar-refractivity contribution in [3.8, 4) is 0 Å². The summed E-state index contributed by atoms with van der Waals surface area (Å²) in [6.45, 7) is 7.26. The Kier molecular flexibility index (Phi) is 3.97. The molecule has 0 radical (unpaired) electrons. The van der Waals surface area contributed by atoms with Crippen molar-refractivity contribution in [2.24, 2.45) is 0 Å². The van der Waals surface area contributed by atoms with Gasteiger partial charge in [-0.2, -0.15) is 0 Å². The van der Waals surface area contributed by atoms with Gasteiger partial charge in [0.05, 0.1) is 12.0 Å². The van der Waals surface area contributed by atoms with Gasteiger partial charge < -0.3 is 10.3 Å². The van der Waals surface area contributed by atoms with E-state index in [2.05, 4.69) is 48.2 Å². The Morgan fingerprint density at radius 3 is 2.82 bits per heavy atom. The third-order valence-electron chi connectivity index (χ3n) is 2.86. The molecule has 0 aromatic carbocycles. The Morgan fingerprint density at radius 1 is 1.41 bits per heavy atom. The number of aromatic nitrogens is 2. The Hall–Kier alpha value is -1.13. The van der Waals surface area contributed by atoms with Crippen molar-refractivity contribution in [3.63, 3.8) is 0 Å². The summed E-state index contributed by atoms with van der Waals surface area (Å²) in [5.41, 5.74) is 2.26. The van der Waals surface area contributed by atoms with Crippen LogP contribution in [0.15, 0.2) is 18.5 Å². The minimum absolute atomic E-state index is 0.476. The fourth-order valence-electron chi connectivity index (χ4n) is 1.81. The van der Waals surface area contributed by atoms with Crippen molar-refractivity contribution in [2.45, 2.75) is 39.8 Å². The standard InChI is InChI=1S/C13H19N3S/c1-9(6-12-5-4-10(2)17-12)14-7-13-11(3)15-8-16-13/h4-5,8-9,14H,6-7H2,1-3H3,(H,15,16). The first-order valence-corrected chi connectivity index (χ1v) is 6.74. The zero-order chi connectivity index (χ0) is 12.3. The number of thiophene rings is 1. The monoisotopic (exact) mass is 249 g/mol. The number of nitrogens with one attached hydrogen (secondary N) is 2. The van der Waals surface area contributed by atoms with Crippen LogP contribution in [0.2, 0.25) is 0 Å². The highest BCUT2D eigenvalue weighted by Crippen LogP contribution is 2.16. The minimum Gasteiger partial charge on any atom is -0.348 e. The smallest absolute Gasteiger partial charge is 0.0925 e. The molecular weight excluding hydrogens is 230 g/mol. The molecule has 2 heterocycles. The molecule has 1 unspecified atom stereocenters. The molecule has 2 rings (SSSR count). The zero-order valence-corrected chi connectivity index (χ0v) is 11.4. The van der Waals surface area contributed by atoms with Crippen LogP contribution in [0.3, 0.4) is 0 Å². The number of hydrogen-bond donors (Lipinski definition) is 2. The van der Waals surface area contributed by atoms with Crippen molar-refractivity contribution in [2.75, 3.05) is 0 Å². The average molecular weight is 249 g/mol. The third-order valence-corrected chi connectivity index (χ3v) is 3.88. The van der Waals surface area contributed by atoms with Crippen LogP contribution in [0.5, 0.6) is 0 Å². The number of rotatable bonds is 5. The van der Waals surface area contributed by atoms with E-state index in [1.807, 2.05) is 11.3 Å². The molecule has 0 aliphatic carbocycles. The predicted molar refractivity (Wildman–Crippen MR) is 72.4 cm³/mol. The summed E-state index contributed by atoms with van der Waals surface area (Å²) in [6, 6.07) is 4.88. The lowest BCUT2D eigenvalue weighted by atomic mass is 10.2. The van der Waals surface area contributed by atoms with Crippen LogP contribution in [0.25, 0.3) is 0 Å². The highest BCUT2D eigenvalue weighted by atomic mass is 32.1. The van der Waals surface area contributed by atoms with Gasteiger partial charge >= 0.3 is 0 Å². The van der Waals surface area contributed by atoms with E-state index >= 15 is 0 Å². The summed E-state index contributed by atoms with van der Waals surface area (Å²) in [5, 5.41) is 3.51. The number of nitrogens with zero attached hydrogens (tertiary/aromatic N) is 1. The van der Waals surface area contributed by atoms with Crippen molar-refractivity contribution in [1.82, 2.24) is 15.3 Å². The molecule has 92 valence electrons. The van der Waals surface area contributed by atoms with Crippen LogP contribution >= 0.6 is 11.3 Å². The van der Waals surface area contributed by atoms with E-state index in [-0.39, 0.29) is 0 Å². The van der Waals surface area contributed by atoms with Gasteiger partial charge in [-0.3, -0.25) is 0 Å². The Bertz CT molecular complexity index is 472. The fraction of sp³-hybridized carbons (Fsp3) is 0.462. The molecule has 0 saturated heterocycles. The lowest BCUT2D eigenvalue weighted by Crippen LogP contribution is -2.27. The Morgan fingerprint density at radius 2 is 2.24 bits per heavy atom. The number of aryl methyl sites for hydroxylation is 2. The number of aromatic amines is 1. The molecule has 0 fully saturated rings. The van der Waals surface area contributed by atoms with Gasteiger partial charge in [0, 0.05) is 28.0 Å². The quantitative estimate of drug-likeness (QED) is 0.855. The van der Waals surface area contributed by atoms with Crippen LogP contribution < -0.4 is 5.32 Å². The maximum atomic E-state index is 4.28. The zero-order valence-electron chi connectivity index (χ0n) is 10.6. The highest BCUT2D eigenvalue weighted by Gasteiger charge is 2.07. The van der Waals surface area contributed by atoms with Gasteiger partial charge in [-0.1, -0.05) is 0 Å². The largest absolute Gasteiger partial charge is 0.348 e. The first-order valence-electron chi connectivity index (χ1n) is 5.92. The molecule has 0 spiro atoms. The number of imidazole rings is 1. The van der Waals surface area contributed by atoms with Gasteiger partial charge in [0.15, 0.2) is 0 Å². The Labute approximate surface area is 106 Å². The molecular formula is C13H19N3S. The van der Waals surface area contributed by atoms with Crippen LogP contribution in [-0.4, -0.2) is 16.0 Å². The molecule has 0 bridgehead atoms. The van der Waals surface area contributed by atoms with Crippen molar-refractivity contribution < 1.29 is 0 Å². The van der Waals surface area contributed by atoms with E-state index < -0.39 is 0 Å². The van der Waals surface area contributed by atoms with Crippen LogP contribution in [-0.2, 0) is 13.0 Å². The van der Waals surface area contributed by atoms with Gasteiger partial charge in [-0.15, -0.1) is 11.3 Å². The minimum atomic E-state index is 0.476. The molecule has 4 heteroatoms. The van der Waals surface area contributed by atoms with E-state index in [0.717, 1.165) is 24.4 Å². The summed E-state index contributed by atoms with van der Waals surface area (Å²) >= 11 is 1.88. The average Bonchev–Trinajstić information content (AvgIpc) is 2.85. The van der Waals surface area contributed by atoms with Gasteiger partial charge in [-0.05, 0) is 39.3 Å². The van der Waals surface area contributed by atoms with Gasteiger partial charge in [0.2, 0.25) is 0 Å². The van der Waals surface area contributed by atoms with Gasteiger partial charge in [0.25, 0.3) is 0 Å². The molecule has 1 atom stereocenters. The number of H-pyrrole nitrogens is 1. The highest BCUT2D eigenvalue weighted by molar-refractivity contribution is 7.11. The van der Waals surface area contributed by atoms with Crippen molar-refractivity contribution in [1.29, 1.82) is 0 Å². The normalized spacial score (nSPS) is 12.9. The van der Waals surface area contributed by atoms with Crippen molar-refractivity contribution in [3.05, 3.63) is 39.6 Å². The topological polar surface area (TPSA) is 40.7 Å². The first-order chi connectivity index (χ1) is 8.15. The van der Waals surface area contributed by atoms with Gasteiger partial charge in [0.1, 0.15) is 0 Å². The fourth-order valence-corrected chi connectivity index (χ4v) is 2.82. The maximum Gasteiger partial charge on any atom is 0.0925 e. The van der Waals surface area contributed by atoms with E-state index in [9.17, 15) is 0 Å². The SMILES string of the molecule is Cc1ccc(CC(C)NCc2nc[nH]c2C)s1. The summed E-state index contributed by atoms with van der Waals surface area (Å²) in [5.74, 6) is 0. The second-order valence-electron chi connectivity index (χ2n) is 4.47. The Balaban J connectivity index is 1.82. The third kappa shape index (κ3) is 3.41. The molecule has 17 heavy (non-hydrogen) atoms. The van der Waals surface area contributed by atoms with E-state index in [1.165, 1.54) is 9.75 Å². The van der Waals surface area contributed by atoms with E-state index in [4.69, 9.17) is 0 Å². The molecule has 2 aromatic rings. The van der Waals surface area contributed by atoms with E-state index in [0.29, 0.717) is 6.04 Å². The first kappa shape index (κ1) is 12.3. The van der Waals surface area contributed by atoms with Crippen LogP contribution in [0.4, 0.5) is 0 Å².